The number of carbonyl (C=O) groups is 3. The summed E-state index contributed by atoms with van der Waals surface area (Å²) in [5, 5.41) is 10.9. The standard InChI is InChI=1S/C21H33N3O5/c1-5-6-8-13-18(15-23(28)16-25)19(26)24(20(27)29-21(2,3)4)22-14-17-11-9-7-10-12-17/h7,9-12,16,18,22,28H,5-6,8,13-15H2,1-4H3. The van der Waals surface area contributed by atoms with Gasteiger partial charge in [0.15, 0.2) is 0 Å². The SMILES string of the molecule is CCCCCC(CN(O)C=O)C(=O)N(NCc1ccccc1)C(=O)OC(C)(C)C. The van der Waals surface area contributed by atoms with Crippen molar-refractivity contribution in [2.45, 2.75) is 65.5 Å². The lowest BCUT2D eigenvalue weighted by atomic mass is 10.00. The maximum Gasteiger partial charge on any atom is 0.432 e. The number of hydrogen-bond donors (Lipinski definition) is 2. The lowest BCUT2D eigenvalue weighted by Crippen LogP contribution is -2.52. The van der Waals surface area contributed by atoms with E-state index in [1.54, 1.807) is 20.8 Å². The molecule has 0 spiro atoms. The minimum Gasteiger partial charge on any atom is -0.442 e. The van der Waals surface area contributed by atoms with Crippen molar-refractivity contribution in [2.75, 3.05) is 6.54 Å². The Morgan fingerprint density at radius 3 is 2.41 bits per heavy atom. The van der Waals surface area contributed by atoms with Gasteiger partial charge in [0.2, 0.25) is 6.41 Å². The minimum atomic E-state index is -0.825. The van der Waals surface area contributed by atoms with Crippen molar-refractivity contribution >= 4 is 18.4 Å². The number of hydrazine groups is 1. The molecule has 0 aromatic heterocycles. The molecule has 29 heavy (non-hydrogen) atoms. The first-order chi connectivity index (χ1) is 13.7. The van der Waals surface area contributed by atoms with Gasteiger partial charge in [0.1, 0.15) is 5.60 Å². The Morgan fingerprint density at radius 1 is 1.21 bits per heavy atom. The molecule has 162 valence electrons. The number of unbranched alkanes of at least 4 members (excludes halogenated alkanes) is 2. The zero-order valence-electron chi connectivity index (χ0n) is 17.8. The molecule has 0 aliphatic carbocycles. The first-order valence-electron chi connectivity index (χ1n) is 9.93. The predicted octanol–water partition coefficient (Wildman–Crippen LogP) is 3.50. The number of benzene rings is 1. The van der Waals surface area contributed by atoms with Crippen LogP contribution in [-0.4, -0.2) is 45.8 Å². The maximum atomic E-state index is 13.1. The second-order valence-corrected chi connectivity index (χ2v) is 7.89. The van der Waals surface area contributed by atoms with E-state index in [0.717, 1.165) is 29.8 Å². The van der Waals surface area contributed by atoms with Gasteiger partial charge in [0.25, 0.3) is 5.91 Å². The summed E-state index contributed by atoms with van der Waals surface area (Å²) in [4.78, 5) is 36.7. The fourth-order valence-electron chi connectivity index (χ4n) is 2.69. The van der Waals surface area contributed by atoms with Crippen LogP contribution in [0, 0.1) is 5.92 Å². The average molecular weight is 408 g/mol. The third kappa shape index (κ3) is 9.54. The molecular weight excluding hydrogens is 374 g/mol. The molecule has 1 aromatic rings. The van der Waals surface area contributed by atoms with Crippen molar-refractivity contribution < 1.29 is 24.3 Å². The third-order valence-electron chi connectivity index (χ3n) is 4.12. The summed E-state index contributed by atoms with van der Waals surface area (Å²) in [5.74, 6) is -1.29. The zero-order valence-corrected chi connectivity index (χ0v) is 17.8. The molecule has 1 atom stereocenters. The Hall–Kier alpha value is -2.45. The van der Waals surface area contributed by atoms with Crippen molar-refractivity contribution in [3.63, 3.8) is 0 Å². The number of rotatable bonds is 11. The number of hydrogen-bond acceptors (Lipinski definition) is 6. The van der Waals surface area contributed by atoms with Gasteiger partial charge in [-0.15, -0.1) is 0 Å². The van der Waals surface area contributed by atoms with Crippen LogP contribution in [0.15, 0.2) is 30.3 Å². The number of amides is 3. The molecule has 2 N–H and O–H groups in total. The molecule has 3 amide bonds. The van der Waals surface area contributed by atoms with Gasteiger partial charge < -0.3 is 4.74 Å². The summed E-state index contributed by atoms with van der Waals surface area (Å²) in [5.41, 5.74) is 2.94. The Balaban J connectivity index is 3.01. The summed E-state index contributed by atoms with van der Waals surface area (Å²) in [6, 6.07) is 9.33. The number of ether oxygens (including phenoxy) is 1. The van der Waals surface area contributed by atoms with E-state index in [2.05, 4.69) is 5.43 Å². The van der Waals surface area contributed by atoms with E-state index < -0.39 is 23.5 Å². The van der Waals surface area contributed by atoms with Crippen LogP contribution in [0.2, 0.25) is 0 Å². The first-order valence-corrected chi connectivity index (χ1v) is 9.93. The fraction of sp³-hybridized carbons (Fsp3) is 0.571. The molecule has 1 aromatic carbocycles. The van der Waals surface area contributed by atoms with Crippen LogP contribution in [0.4, 0.5) is 4.79 Å². The van der Waals surface area contributed by atoms with Crippen LogP contribution in [0.25, 0.3) is 0 Å². The molecule has 0 fully saturated rings. The Morgan fingerprint density at radius 2 is 1.86 bits per heavy atom. The number of nitrogens with one attached hydrogen (secondary N) is 1. The first kappa shape index (κ1) is 24.6. The van der Waals surface area contributed by atoms with Crippen molar-refractivity contribution in [3.05, 3.63) is 35.9 Å². The topological polar surface area (TPSA) is 99.2 Å². The highest BCUT2D eigenvalue weighted by atomic mass is 16.6. The van der Waals surface area contributed by atoms with E-state index in [4.69, 9.17) is 4.74 Å². The van der Waals surface area contributed by atoms with E-state index in [-0.39, 0.29) is 19.5 Å². The van der Waals surface area contributed by atoms with E-state index in [9.17, 15) is 19.6 Å². The summed E-state index contributed by atoms with van der Waals surface area (Å²) in [6.45, 7) is 7.22. The molecule has 0 bridgehead atoms. The van der Waals surface area contributed by atoms with Gasteiger partial charge in [-0.1, -0.05) is 56.5 Å². The van der Waals surface area contributed by atoms with Gasteiger partial charge in [-0.05, 0) is 32.8 Å². The van der Waals surface area contributed by atoms with Crippen LogP contribution in [0.1, 0.15) is 58.9 Å². The highest BCUT2D eigenvalue weighted by Gasteiger charge is 2.33. The summed E-state index contributed by atoms with van der Waals surface area (Å²) in [7, 11) is 0. The normalized spacial score (nSPS) is 12.2. The highest BCUT2D eigenvalue weighted by molar-refractivity contribution is 5.93. The zero-order chi connectivity index (χ0) is 21.9. The van der Waals surface area contributed by atoms with Gasteiger partial charge in [-0.25, -0.2) is 15.3 Å². The minimum absolute atomic E-state index is 0.196. The summed E-state index contributed by atoms with van der Waals surface area (Å²) >= 11 is 0. The number of carbonyl (C=O) groups excluding carboxylic acids is 3. The molecule has 8 nitrogen and oxygen atoms in total. The Kier molecular flexibility index (Phi) is 10.3. The van der Waals surface area contributed by atoms with Crippen LogP contribution in [-0.2, 0) is 20.9 Å². The lowest BCUT2D eigenvalue weighted by molar-refractivity contribution is -0.157. The van der Waals surface area contributed by atoms with Crippen LogP contribution < -0.4 is 5.43 Å². The predicted molar refractivity (Wildman–Crippen MR) is 109 cm³/mol. The van der Waals surface area contributed by atoms with E-state index in [1.807, 2.05) is 37.3 Å². The van der Waals surface area contributed by atoms with Gasteiger partial charge in [0.05, 0.1) is 12.5 Å². The second-order valence-electron chi connectivity index (χ2n) is 7.89. The van der Waals surface area contributed by atoms with Gasteiger partial charge in [-0.2, -0.15) is 5.01 Å². The summed E-state index contributed by atoms with van der Waals surface area (Å²) in [6.07, 6.45) is 2.45. The van der Waals surface area contributed by atoms with E-state index in [0.29, 0.717) is 11.5 Å². The van der Waals surface area contributed by atoms with Gasteiger partial charge in [-0.3, -0.25) is 14.8 Å². The fourth-order valence-corrected chi connectivity index (χ4v) is 2.69. The Labute approximate surface area is 172 Å². The molecule has 8 heteroatoms. The highest BCUT2D eigenvalue weighted by Crippen LogP contribution is 2.17. The number of hydroxylamine groups is 2. The third-order valence-corrected chi connectivity index (χ3v) is 4.12. The quantitative estimate of drug-likeness (QED) is 0.252. The van der Waals surface area contributed by atoms with Gasteiger partial charge >= 0.3 is 6.09 Å². The smallest absolute Gasteiger partial charge is 0.432 e. The monoisotopic (exact) mass is 407 g/mol. The summed E-state index contributed by atoms with van der Waals surface area (Å²) < 4.78 is 5.37. The van der Waals surface area contributed by atoms with Crippen molar-refractivity contribution in [3.8, 4) is 0 Å². The molecule has 0 aliphatic heterocycles. The van der Waals surface area contributed by atoms with E-state index in [1.165, 1.54) is 0 Å². The average Bonchev–Trinajstić information content (AvgIpc) is 2.66. The molecule has 0 heterocycles. The van der Waals surface area contributed by atoms with E-state index >= 15 is 0 Å². The van der Waals surface area contributed by atoms with Crippen molar-refractivity contribution in [2.24, 2.45) is 5.92 Å². The molecule has 1 unspecified atom stereocenters. The lowest BCUT2D eigenvalue weighted by Gasteiger charge is -2.29. The second kappa shape index (κ2) is 12.2. The molecule has 0 saturated heterocycles. The van der Waals surface area contributed by atoms with Crippen molar-refractivity contribution in [1.29, 1.82) is 0 Å². The molecule has 0 saturated carbocycles. The van der Waals surface area contributed by atoms with Crippen LogP contribution in [0.5, 0.6) is 0 Å². The molecule has 0 aliphatic rings. The maximum absolute atomic E-state index is 13.1. The van der Waals surface area contributed by atoms with Crippen molar-refractivity contribution in [1.82, 2.24) is 15.5 Å². The number of imide groups is 1. The Bertz CT molecular complexity index is 645. The number of nitrogens with zero attached hydrogens (tertiary/aromatic N) is 2. The molecular formula is C21H33N3O5. The van der Waals surface area contributed by atoms with Gasteiger partial charge in [0, 0.05) is 6.54 Å². The molecule has 0 radical (unpaired) electrons. The van der Waals surface area contributed by atoms with Crippen LogP contribution >= 0.6 is 0 Å². The molecule has 1 rings (SSSR count). The largest absolute Gasteiger partial charge is 0.442 e. The van der Waals surface area contributed by atoms with Crippen LogP contribution in [0.3, 0.4) is 0 Å².